The molecule has 0 aromatic carbocycles. The predicted octanol–water partition coefficient (Wildman–Crippen LogP) is 1.65. The maximum absolute atomic E-state index is 11.9. The van der Waals surface area contributed by atoms with E-state index in [1.165, 1.54) is 4.68 Å². The summed E-state index contributed by atoms with van der Waals surface area (Å²) in [7, 11) is 0. The molecule has 1 rings (SSSR count). The first kappa shape index (κ1) is 14.2. The van der Waals surface area contributed by atoms with E-state index in [1.54, 1.807) is 12.3 Å². The minimum atomic E-state index is -4.32. The molecule has 18 heavy (non-hydrogen) atoms. The van der Waals surface area contributed by atoms with Crippen LogP contribution in [-0.4, -0.2) is 27.6 Å². The highest BCUT2D eigenvalue weighted by atomic mass is 32.1. The molecule has 1 aromatic heterocycles. The van der Waals surface area contributed by atoms with Crippen LogP contribution in [0.4, 0.5) is 19.0 Å². The van der Waals surface area contributed by atoms with Crippen LogP contribution >= 0.6 is 12.2 Å². The second-order valence-corrected chi connectivity index (χ2v) is 3.70. The number of nitrogens with one attached hydrogen (secondary N) is 2. The molecule has 0 radical (unpaired) electrons. The van der Waals surface area contributed by atoms with Crippen LogP contribution in [0.15, 0.2) is 12.3 Å². The van der Waals surface area contributed by atoms with Gasteiger partial charge in [0.1, 0.15) is 6.54 Å². The van der Waals surface area contributed by atoms with Crippen LogP contribution in [0.5, 0.6) is 0 Å². The number of hydrogen-bond donors (Lipinski definition) is 2. The molecular formula is C9H10F3N5S. The Morgan fingerprint density at radius 2 is 2.28 bits per heavy atom. The maximum Gasteiger partial charge on any atom is 0.405 e. The van der Waals surface area contributed by atoms with Crippen molar-refractivity contribution in [3.8, 4) is 6.07 Å². The van der Waals surface area contributed by atoms with Crippen molar-refractivity contribution in [1.82, 2.24) is 15.1 Å². The maximum atomic E-state index is 11.9. The van der Waals surface area contributed by atoms with Crippen molar-refractivity contribution in [2.24, 2.45) is 0 Å². The van der Waals surface area contributed by atoms with Crippen molar-refractivity contribution >= 4 is 23.1 Å². The summed E-state index contributed by atoms with van der Waals surface area (Å²) in [5.74, 6) is 0.326. The number of rotatable bonds is 4. The lowest BCUT2D eigenvalue weighted by atomic mass is 10.5. The quantitative estimate of drug-likeness (QED) is 0.819. The molecule has 0 aliphatic heterocycles. The molecule has 0 atom stereocenters. The average Bonchev–Trinajstić information content (AvgIpc) is 2.70. The molecule has 1 aromatic rings. The first-order chi connectivity index (χ1) is 8.40. The summed E-state index contributed by atoms with van der Waals surface area (Å²) >= 11 is 4.68. The zero-order valence-electron chi connectivity index (χ0n) is 9.16. The van der Waals surface area contributed by atoms with Crippen LogP contribution in [-0.2, 0) is 6.54 Å². The Labute approximate surface area is 107 Å². The minimum Gasteiger partial charge on any atom is -0.353 e. The molecule has 1 heterocycles. The summed E-state index contributed by atoms with van der Waals surface area (Å²) in [6, 6.07) is 3.51. The molecule has 0 saturated heterocycles. The van der Waals surface area contributed by atoms with Crippen molar-refractivity contribution in [1.29, 1.82) is 5.26 Å². The standard InChI is InChI=1S/C9H10F3N5S/c10-9(11,12)6-14-8(18)15-7-2-5-17(16-7)4-1-3-13/h2,5H,1,4,6H2,(H2,14,15,16,18). The normalized spacial score (nSPS) is 10.8. The number of anilines is 1. The third-order valence-corrected chi connectivity index (χ3v) is 2.03. The number of halogens is 3. The van der Waals surface area contributed by atoms with Gasteiger partial charge in [0.15, 0.2) is 10.9 Å². The molecule has 0 bridgehead atoms. The molecular weight excluding hydrogens is 267 g/mol. The monoisotopic (exact) mass is 277 g/mol. The van der Waals surface area contributed by atoms with E-state index >= 15 is 0 Å². The van der Waals surface area contributed by atoms with Gasteiger partial charge in [0, 0.05) is 12.3 Å². The molecule has 0 aliphatic rings. The number of nitrogens with zero attached hydrogens (tertiary/aromatic N) is 3. The van der Waals surface area contributed by atoms with Crippen molar-refractivity contribution in [2.75, 3.05) is 11.9 Å². The fourth-order valence-electron chi connectivity index (χ4n) is 1.06. The van der Waals surface area contributed by atoms with E-state index in [4.69, 9.17) is 5.26 Å². The summed E-state index contributed by atoms with van der Waals surface area (Å²) in [6.45, 7) is -0.783. The fourth-order valence-corrected chi connectivity index (χ4v) is 1.24. The summed E-state index contributed by atoms with van der Waals surface area (Å²) in [5.41, 5.74) is 0. The van der Waals surface area contributed by atoms with Crippen molar-refractivity contribution in [3.05, 3.63) is 12.3 Å². The molecule has 98 valence electrons. The van der Waals surface area contributed by atoms with Gasteiger partial charge >= 0.3 is 6.18 Å². The van der Waals surface area contributed by atoms with Crippen molar-refractivity contribution < 1.29 is 13.2 Å². The van der Waals surface area contributed by atoms with Gasteiger partial charge in [0.05, 0.1) is 19.0 Å². The van der Waals surface area contributed by atoms with Crippen LogP contribution < -0.4 is 10.6 Å². The number of alkyl halides is 3. The van der Waals surface area contributed by atoms with E-state index in [0.29, 0.717) is 18.8 Å². The third-order valence-electron chi connectivity index (χ3n) is 1.78. The Morgan fingerprint density at radius 1 is 1.56 bits per heavy atom. The van der Waals surface area contributed by atoms with Gasteiger partial charge in [-0.05, 0) is 12.2 Å². The second kappa shape index (κ2) is 6.20. The lowest BCUT2D eigenvalue weighted by Crippen LogP contribution is -2.36. The van der Waals surface area contributed by atoms with Crippen LogP contribution in [0.3, 0.4) is 0 Å². The molecule has 0 spiro atoms. The highest BCUT2D eigenvalue weighted by Gasteiger charge is 2.27. The SMILES string of the molecule is N#CCCn1ccc(NC(=S)NCC(F)(F)F)n1. The van der Waals surface area contributed by atoms with Gasteiger partial charge in [-0.2, -0.15) is 23.5 Å². The zero-order chi connectivity index (χ0) is 13.6. The average molecular weight is 277 g/mol. The number of nitriles is 1. The van der Waals surface area contributed by atoms with E-state index in [2.05, 4.69) is 22.6 Å². The van der Waals surface area contributed by atoms with Gasteiger partial charge in [0.25, 0.3) is 0 Å². The third kappa shape index (κ3) is 5.49. The number of aromatic nitrogens is 2. The van der Waals surface area contributed by atoms with E-state index in [-0.39, 0.29) is 5.11 Å². The van der Waals surface area contributed by atoms with Crippen molar-refractivity contribution in [3.63, 3.8) is 0 Å². The van der Waals surface area contributed by atoms with E-state index in [0.717, 1.165) is 0 Å². The Kier molecular flexibility index (Phi) is 4.91. The van der Waals surface area contributed by atoms with Crippen LogP contribution in [0.2, 0.25) is 0 Å². The van der Waals surface area contributed by atoms with Gasteiger partial charge in [0.2, 0.25) is 0 Å². The van der Waals surface area contributed by atoms with Gasteiger partial charge in [-0.3, -0.25) is 4.68 Å². The van der Waals surface area contributed by atoms with Gasteiger partial charge in [-0.1, -0.05) is 0 Å². The molecule has 9 heteroatoms. The second-order valence-electron chi connectivity index (χ2n) is 3.30. The first-order valence-corrected chi connectivity index (χ1v) is 5.33. The largest absolute Gasteiger partial charge is 0.405 e. The van der Waals surface area contributed by atoms with E-state index in [9.17, 15) is 13.2 Å². The summed E-state index contributed by atoms with van der Waals surface area (Å²) in [4.78, 5) is 0. The van der Waals surface area contributed by atoms with Gasteiger partial charge in [-0.25, -0.2) is 0 Å². The Bertz CT molecular complexity index is 448. The topological polar surface area (TPSA) is 65.7 Å². The lowest BCUT2D eigenvalue weighted by Gasteiger charge is -2.10. The molecule has 0 aliphatic carbocycles. The summed E-state index contributed by atoms with van der Waals surface area (Å²) in [6.07, 6.45) is -2.41. The van der Waals surface area contributed by atoms with Crippen LogP contribution in [0.25, 0.3) is 0 Å². The molecule has 0 unspecified atom stereocenters. The van der Waals surface area contributed by atoms with Crippen molar-refractivity contribution in [2.45, 2.75) is 19.1 Å². The van der Waals surface area contributed by atoms with E-state index < -0.39 is 12.7 Å². The highest BCUT2D eigenvalue weighted by molar-refractivity contribution is 7.80. The smallest absolute Gasteiger partial charge is 0.353 e. The Balaban J connectivity index is 2.40. The Hall–Kier alpha value is -1.82. The number of thiocarbonyl (C=S) groups is 1. The van der Waals surface area contributed by atoms with Gasteiger partial charge in [-0.15, -0.1) is 0 Å². The number of hydrogen-bond acceptors (Lipinski definition) is 3. The molecule has 0 fully saturated rings. The highest BCUT2D eigenvalue weighted by Crippen LogP contribution is 2.12. The molecule has 0 saturated carbocycles. The van der Waals surface area contributed by atoms with Crippen LogP contribution in [0, 0.1) is 11.3 Å². The first-order valence-electron chi connectivity index (χ1n) is 4.93. The fraction of sp³-hybridized carbons (Fsp3) is 0.444. The summed E-state index contributed by atoms with van der Waals surface area (Å²) < 4.78 is 37.2. The zero-order valence-corrected chi connectivity index (χ0v) is 9.98. The molecule has 0 amide bonds. The molecule has 2 N–H and O–H groups in total. The minimum absolute atomic E-state index is 0.155. The van der Waals surface area contributed by atoms with E-state index in [1.807, 2.05) is 11.4 Å². The predicted molar refractivity (Wildman–Crippen MR) is 62.7 cm³/mol. The summed E-state index contributed by atoms with van der Waals surface area (Å²) in [5, 5.41) is 16.7. The number of aryl methyl sites for hydroxylation is 1. The molecule has 5 nitrogen and oxygen atoms in total. The van der Waals surface area contributed by atoms with Crippen LogP contribution in [0.1, 0.15) is 6.42 Å². The Morgan fingerprint density at radius 3 is 2.89 bits per heavy atom. The lowest BCUT2D eigenvalue weighted by molar-refractivity contribution is -0.121. The van der Waals surface area contributed by atoms with Gasteiger partial charge < -0.3 is 10.6 Å².